The molecule has 1 aromatic carbocycles. The molecule has 0 heterocycles. The second-order valence-corrected chi connectivity index (χ2v) is 3.99. The first-order chi connectivity index (χ1) is 6.58. The van der Waals surface area contributed by atoms with Gasteiger partial charge in [-0.3, -0.25) is 0 Å². The molecule has 0 spiro atoms. The lowest BCUT2D eigenvalue weighted by Gasteiger charge is -2.12. The van der Waals surface area contributed by atoms with Crippen LogP contribution in [-0.4, -0.2) is 12.1 Å². The Morgan fingerprint density at radius 1 is 1.00 bits per heavy atom. The molecule has 0 aliphatic heterocycles. The molecule has 0 aliphatic rings. The average Bonchev–Trinajstić information content (AvgIpc) is 2.06. The Balaban J connectivity index is 2.59. The second kappa shape index (κ2) is 4.89. The van der Waals surface area contributed by atoms with Gasteiger partial charge >= 0.3 is 0 Å². The predicted molar refractivity (Wildman–Crippen MR) is 61.0 cm³/mol. The van der Waals surface area contributed by atoms with Crippen molar-refractivity contribution >= 4 is 5.69 Å². The normalized spacial score (nSPS) is 10.7. The minimum absolute atomic E-state index is 0.235. The first-order valence-corrected chi connectivity index (χ1v) is 5.11. The Kier molecular flexibility index (Phi) is 3.81. The van der Waals surface area contributed by atoms with E-state index in [9.17, 15) is 0 Å². The fourth-order valence-electron chi connectivity index (χ4n) is 1.24. The molecule has 0 atom stereocenters. The Hall–Kier alpha value is -1.18. The molecule has 1 rings (SSSR count). The van der Waals surface area contributed by atoms with E-state index in [1.165, 1.54) is 0 Å². The third kappa shape index (κ3) is 3.69. The smallest absolute Gasteiger partial charge is 0.119 e. The molecular formula is C12H19NO. The minimum Gasteiger partial charge on any atom is -0.491 e. The first kappa shape index (κ1) is 10.9. The summed E-state index contributed by atoms with van der Waals surface area (Å²) in [5, 5.41) is 3.33. The lowest BCUT2D eigenvalue weighted by molar-refractivity contribution is 0.242. The van der Waals surface area contributed by atoms with Crippen LogP contribution in [0.2, 0.25) is 0 Å². The Labute approximate surface area is 86.3 Å². The summed E-state index contributed by atoms with van der Waals surface area (Å²) >= 11 is 0. The van der Waals surface area contributed by atoms with Crippen LogP contribution in [-0.2, 0) is 0 Å². The summed E-state index contributed by atoms with van der Waals surface area (Å²) in [6.07, 6.45) is 0.235. The number of anilines is 1. The van der Waals surface area contributed by atoms with Crippen molar-refractivity contribution in [3.05, 3.63) is 24.3 Å². The van der Waals surface area contributed by atoms with Crippen molar-refractivity contribution in [1.82, 2.24) is 0 Å². The molecule has 0 saturated carbocycles. The number of ether oxygens (including phenoxy) is 1. The first-order valence-electron chi connectivity index (χ1n) is 5.11. The average molecular weight is 193 g/mol. The van der Waals surface area contributed by atoms with Gasteiger partial charge in [-0.05, 0) is 52.0 Å². The third-order valence-corrected chi connectivity index (χ3v) is 1.68. The van der Waals surface area contributed by atoms with E-state index < -0.39 is 0 Å². The molecule has 78 valence electrons. The summed E-state index contributed by atoms with van der Waals surface area (Å²) in [5.41, 5.74) is 1.14. The number of rotatable bonds is 4. The maximum atomic E-state index is 5.55. The van der Waals surface area contributed by atoms with Crippen LogP contribution in [0.1, 0.15) is 27.7 Å². The van der Waals surface area contributed by atoms with E-state index in [1.807, 2.05) is 38.1 Å². The molecule has 0 amide bonds. The van der Waals surface area contributed by atoms with Gasteiger partial charge in [0, 0.05) is 11.7 Å². The van der Waals surface area contributed by atoms with Crippen molar-refractivity contribution in [2.75, 3.05) is 5.32 Å². The number of benzene rings is 1. The van der Waals surface area contributed by atoms with E-state index in [2.05, 4.69) is 19.2 Å². The molecule has 0 fully saturated rings. The van der Waals surface area contributed by atoms with Crippen LogP contribution >= 0.6 is 0 Å². The van der Waals surface area contributed by atoms with E-state index >= 15 is 0 Å². The molecule has 0 aromatic heterocycles. The fraction of sp³-hybridized carbons (Fsp3) is 0.500. The van der Waals surface area contributed by atoms with Crippen LogP contribution in [0.3, 0.4) is 0 Å². The molecular weight excluding hydrogens is 174 g/mol. The fourth-order valence-corrected chi connectivity index (χ4v) is 1.24. The second-order valence-electron chi connectivity index (χ2n) is 3.99. The molecule has 0 unspecified atom stereocenters. The van der Waals surface area contributed by atoms with Crippen LogP contribution in [0.15, 0.2) is 24.3 Å². The van der Waals surface area contributed by atoms with Gasteiger partial charge in [0.25, 0.3) is 0 Å². The van der Waals surface area contributed by atoms with Crippen molar-refractivity contribution in [3.8, 4) is 5.75 Å². The van der Waals surface area contributed by atoms with Gasteiger partial charge in [-0.25, -0.2) is 0 Å². The molecule has 0 aliphatic carbocycles. The Morgan fingerprint density at radius 2 is 1.57 bits per heavy atom. The highest BCUT2D eigenvalue weighted by Crippen LogP contribution is 2.17. The molecule has 2 nitrogen and oxygen atoms in total. The van der Waals surface area contributed by atoms with Crippen LogP contribution in [0.5, 0.6) is 5.75 Å². The highest BCUT2D eigenvalue weighted by molar-refractivity contribution is 5.46. The standard InChI is InChI=1S/C12H19NO/c1-9(2)13-11-5-7-12(8-6-11)14-10(3)4/h5-10,13H,1-4H3. The SMILES string of the molecule is CC(C)Nc1ccc(OC(C)C)cc1. The van der Waals surface area contributed by atoms with E-state index in [0.717, 1.165) is 11.4 Å². The quantitative estimate of drug-likeness (QED) is 0.792. The molecule has 0 radical (unpaired) electrons. The summed E-state index contributed by atoms with van der Waals surface area (Å²) in [6, 6.07) is 8.53. The van der Waals surface area contributed by atoms with Gasteiger partial charge in [-0.1, -0.05) is 0 Å². The van der Waals surface area contributed by atoms with Gasteiger partial charge in [0.1, 0.15) is 5.75 Å². The van der Waals surface area contributed by atoms with E-state index in [-0.39, 0.29) is 6.10 Å². The van der Waals surface area contributed by atoms with Gasteiger partial charge < -0.3 is 10.1 Å². The summed E-state index contributed by atoms with van der Waals surface area (Å²) in [6.45, 7) is 8.30. The van der Waals surface area contributed by atoms with Gasteiger partial charge in [0.2, 0.25) is 0 Å². The summed E-state index contributed by atoms with van der Waals surface area (Å²) in [7, 11) is 0. The highest BCUT2D eigenvalue weighted by Gasteiger charge is 1.98. The van der Waals surface area contributed by atoms with Gasteiger partial charge in [-0.2, -0.15) is 0 Å². The highest BCUT2D eigenvalue weighted by atomic mass is 16.5. The topological polar surface area (TPSA) is 21.3 Å². The number of hydrogen-bond donors (Lipinski definition) is 1. The maximum Gasteiger partial charge on any atom is 0.119 e. The van der Waals surface area contributed by atoms with Crippen LogP contribution in [0, 0.1) is 0 Å². The largest absolute Gasteiger partial charge is 0.491 e. The zero-order chi connectivity index (χ0) is 10.6. The monoisotopic (exact) mass is 193 g/mol. The van der Waals surface area contributed by atoms with Crippen molar-refractivity contribution in [3.63, 3.8) is 0 Å². The number of hydrogen-bond acceptors (Lipinski definition) is 2. The lowest BCUT2D eigenvalue weighted by Crippen LogP contribution is -2.09. The summed E-state index contributed by atoms with van der Waals surface area (Å²) < 4.78 is 5.55. The predicted octanol–water partition coefficient (Wildman–Crippen LogP) is 3.29. The van der Waals surface area contributed by atoms with Crippen molar-refractivity contribution in [2.24, 2.45) is 0 Å². The van der Waals surface area contributed by atoms with E-state index in [1.54, 1.807) is 0 Å². The Morgan fingerprint density at radius 3 is 2.00 bits per heavy atom. The molecule has 0 saturated heterocycles. The van der Waals surface area contributed by atoms with Crippen molar-refractivity contribution in [1.29, 1.82) is 0 Å². The molecule has 14 heavy (non-hydrogen) atoms. The van der Waals surface area contributed by atoms with E-state index in [0.29, 0.717) is 6.04 Å². The zero-order valence-corrected chi connectivity index (χ0v) is 9.37. The molecule has 2 heteroatoms. The van der Waals surface area contributed by atoms with Crippen LogP contribution in [0.4, 0.5) is 5.69 Å². The third-order valence-electron chi connectivity index (χ3n) is 1.68. The molecule has 1 N–H and O–H groups in total. The maximum absolute atomic E-state index is 5.55. The van der Waals surface area contributed by atoms with Crippen LogP contribution in [0.25, 0.3) is 0 Å². The van der Waals surface area contributed by atoms with Gasteiger partial charge in [-0.15, -0.1) is 0 Å². The number of nitrogens with one attached hydrogen (secondary N) is 1. The molecule has 0 bridgehead atoms. The van der Waals surface area contributed by atoms with E-state index in [4.69, 9.17) is 4.74 Å². The van der Waals surface area contributed by atoms with Crippen molar-refractivity contribution < 1.29 is 4.74 Å². The Bertz CT molecular complexity index is 235. The van der Waals surface area contributed by atoms with Crippen molar-refractivity contribution in [2.45, 2.75) is 39.8 Å². The van der Waals surface area contributed by atoms with Gasteiger partial charge in [0.15, 0.2) is 0 Å². The summed E-state index contributed by atoms with van der Waals surface area (Å²) in [5.74, 6) is 0.925. The lowest BCUT2D eigenvalue weighted by atomic mass is 10.2. The summed E-state index contributed by atoms with van der Waals surface area (Å²) in [4.78, 5) is 0. The molecule has 1 aromatic rings. The minimum atomic E-state index is 0.235. The van der Waals surface area contributed by atoms with Crippen LogP contribution < -0.4 is 10.1 Å². The zero-order valence-electron chi connectivity index (χ0n) is 9.37. The van der Waals surface area contributed by atoms with Gasteiger partial charge in [0.05, 0.1) is 6.10 Å².